The first-order valence-corrected chi connectivity index (χ1v) is 10.4. The number of esters is 2. The Morgan fingerprint density at radius 2 is 1.00 bits per heavy atom. The smallest absolute Gasteiger partial charge is 0.335 e. The molecule has 1 aromatic rings. The van der Waals surface area contributed by atoms with Gasteiger partial charge in [-0.1, -0.05) is 0 Å². The minimum atomic E-state index is -1.06. The second-order valence-electron chi connectivity index (χ2n) is 6.70. The highest BCUT2D eigenvalue weighted by molar-refractivity contribution is 5.91. The van der Waals surface area contributed by atoms with Crippen LogP contribution in [0.3, 0.4) is 0 Å². The zero-order chi connectivity index (χ0) is 24.2. The summed E-state index contributed by atoms with van der Waals surface area (Å²) in [5.41, 5.74) is 0.167. The first kappa shape index (κ1) is 29.0. The highest BCUT2D eigenvalue weighted by Gasteiger charge is 2.07. The van der Waals surface area contributed by atoms with Crippen LogP contribution in [0, 0.1) is 0 Å². The van der Waals surface area contributed by atoms with E-state index in [0.717, 1.165) is 25.7 Å². The Morgan fingerprint density at radius 3 is 1.28 bits per heavy atom. The fourth-order valence-electron chi connectivity index (χ4n) is 2.37. The zero-order valence-corrected chi connectivity index (χ0v) is 18.0. The third-order valence-corrected chi connectivity index (χ3v) is 4.06. The van der Waals surface area contributed by atoms with Crippen molar-refractivity contribution < 1.29 is 49.1 Å². The largest absolute Gasteiger partial charge is 0.478 e. The van der Waals surface area contributed by atoms with Crippen molar-refractivity contribution in [1.29, 1.82) is 0 Å². The molecule has 10 nitrogen and oxygen atoms in total. The highest BCUT2D eigenvalue weighted by Crippen LogP contribution is 2.07. The highest BCUT2D eigenvalue weighted by atomic mass is 16.5. The Hall–Kier alpha value is -2.98. The Bertz CT molecular complexity index is 625. The molecule has 0 saturated carbocycles. The number of cyclic esters (lactones) is 2. The van der Waals surface area contributed by atoms with Gasteiger partial charge in [0.2, 0.25) is 0 Å². The Balaban J connectivity index is 0.000000529. The van der Waals surface area contributed by atoms with Crippen LogP contribution in [-0.2, 0) is 19.1 Å². The molecule has 0 radical (unpaired) electrons. The van der Waals surface area contributed by atoms with E-state index in [2.05, 4.69) is 0 Å². The average Bonchev–Trinajstić information content (AvgIpc) is 2.78. The van der Waals surface area contributed by atoms with Crippen LogP contribution in [0.15, 0.2) is 24.3 Å². The maximum Gasteiger partial charge on any atom is 0.335 e. The molecule has 0 spiro atoms. The molecule has 1 saturated heterocycles. The van der Waals surface area contributed by atoms with Crippen molar-refractivity contribution in [2.75, 3.05) is 26.4 Å². The standard InChI is InChI=1S/C12H20O4.C8H6O4.C2H6O2/c13-11-7-3-4-8-12(14)16-10-6-2-1-5-9-15-11;9-7(10)5-1-2-6(4-3-5)8(11)12;3-1-2-4/h1-10H2;1-4H,(H,9,10)(H,11,12);3-4H,1-2H2. The summed E-state index contributed by atoms with van der Waals surface area (Å²) in [5.74, 6) is -2.42. The molecule has 1 heterocycles. The van der Waals surface area contributed by atoms with Crippen LogP contribution in [-0.4, -0.2) is 70.7 Å². The second-order valence-corrected chi connectivity index (χ2v) is 6.70. The van der Waals surface area contributed by atoms with Crippen molar-refractivity contribution in [3.63, 3.8) is 0 Å². The average molecular weight is 456 g/mol. The number of aliphatic hydroxyl groups is 2. The van der Waals surface area contributed by atoms with Crippen molar-refractivity contribution in [2.24, 2.45) is 0 Å². The summed E-state index contributed by atoms with van der Waals surface area (Å²) >= 11 is 0. The lowest BCUT2D eigenvalue weighted by Crippen LogP contribution is -2.09. The molecule has 0 amide bonds. The lowest BCUT2D eigenvalue weighted by molar-refractivity contribution is -0.146. The van der Waals surface area contributed by atoms with Crippen LogP contribution < -0.4 is 0 Å². The van der Waals surface area contributed by atoms with Crippen LogP contribution in [0.25, 0.3) is 0 Å². The maximum atomic E-state index is 11.2. The SMILES string of the molecule is O=C(O)c1ccc(C(=O)O)cc1.O=C1CCCCC(=O)OCCCCCCO1.OCCO. The van der Waals surface area contributed by atoms with Crippen molar-refractivity contribution in [2.45, 2.75) is 51.4 Å². The van der Waals surface area contributed by atoms with Crippen LogP contribution >= 0.6 is 0 Å². The number of carbonyl (C=O) groups excluding carboxylic acids is 2. The van der Waals surface area contributed by atoms with Crippen LogP contribution in [0.4, 0.5) is 0 Å². The van der Waals surface area contributed by atoms with Gasteiger partial charge in [-0.3, -0.25) is 9.59 Å². The molecule has 4 N–H and O–H groups in total. The minimum absolute atomic E-state index is 0.0833. The fourth-order valence-corrected chi connectivity index (χ4v) is 2.37. The fraction of sp³-hybridized carbons (Fsp3) is 0.545. The third kappa shape index (κ3) is 15.8. The summed E-state index contributed by atoms with van der Waals surface area (Å²) in [6, 6.07) is 5.02. The van der Waals surface area contributed by atoms with Crippen molar-refractivity contribution >= 4 is 23.9 Å². The number of benzene rings is 1. The molecular formula is C22H32O10. The molecule has 2 rings (SSSR count). The molecule has 32 heavy (non-hydrogen) atoms. The molecule has 10 heteroatoms. The summed E-state index contributed by atoms with van der Waals surface area (Å²) in [6.07, 6.45) is 6.07. The van der Waals surface area contributed by atoms with Gasteiger partial charge in [0.1, 0.15) is 0 Å². The number of aromatic carboxylic acids is 2. The zero-order valence-electron chi connectivity index (χ0n) is 18.0. The lowest BCUT2D eigenvalue weighted by Gasteiger charge is -2.07. The van der Waals surface area contributed by atoms with Crippen LogP contribution in [0.1, 0.15) is 72.1 Å². The van der Waals surface area contributed by atoms with Gasteiger partial charge in [0, 0.05) is 12.8 Å². The van der Waals surface area contributed by atoms with Gasteiger partial charge in [-0.05, 0) is 62.8 Å². The van der Waals surface area contributed by atoms with E-state index in [1.54, 1.807) is 0 Å². The van der Waals surface area contributed by atoms with Gasteiger partial charge in [-0.2, -0.15) is 0 Å². The van der Waals surface area contributed by atoms with Gasteiger partial charge >= 0.3 is 23.9 Å². The number of hydrogen-bond acceptors (Lipinski definition) is 8. The Kier molecular flexibility index (Phi) is 17.0. The molecule has 0 aliphatic carbocycles. The summed E-state index contributed by atoms with van der Waals surface area (Å²) < 4.78 is 10.1. The first-order chi connectivity index (χ1) is 15.3. The monoisotopic (exact) mass is 456 g/mol. The molecule has 0 atom stereocenters. The Labute approximate surface area is 186 Å². The van der Waals surface area contributed by atoms with Gasteiger partial charge in [0.05, 0.1) is 37.6 Å². The number of aliphatic hydroxyl groups excluding tert-OH is 2. The van der Waals surface area contributed by atoms with Crippen LogP contribution in [0.2, 0.25) is 0 Å². The molecule has 180 valence electrons. The molecule has 1 aromatic carbocycles. The topological polar surface area (TPSA) is 168 Å². The molecule has 1 fully saturated rings. The number of ether oxygens (including phenoxy) is 2. The Morgan fingerprint density at radius 1 is 0.656 bits per heavy atom. The van der Waals surface area contributed by atoms with E-state index < -0.39 is 11.9 Å². The lowest BCUT2D eigenvalue weighted by atomic mass is 10.1. The van der Waals surface area contributed by atoms with Gasteiger partial charge in [0.15, 0.2) is 0 Å². The molecule has 1 aliphatic heterocycles. The minimum Gasteiger partial charge on any atom is -0.478 e. The summed E-state index contributed by atoms with van der Waals surface area (Å²) in [7, 11) is 0. The number of hydrogen-bond donors (Lipinski definition) is 4. The van der Waals surface area contributed by atoms with Gasteiger partial charge in [-0.15, -0.1) is 0 Å². The molecule has 1 aliphatic rings. The third-order valence-electron chi connectivity index (χ3n) is 4.06. The van der Waals surface area contributed by atoms with E-state index in [9.17, 15) is 19.2 Å². The van der Waals surface area contributed by atoms with Crippen LogP contribution in [0.5, 0.6) is 0 Å². The second kappa shape index (κ2) is 18.8. The predicted octanol–water partition coefficient (Wildman–Crippen LogP) is 2.26. The van der Waals surface area contributed by atoms with E-state index in [4.69, 9.17) is 29.9 Å². The summed E-state index contributed by atoms with van der Waals surface area (Å²) in [4.78, 5) is 43.1. The molecule has 0 bridgehead atoms. The van der Waals surface area contributed by atoms with Crippen molar-refractivity contribution in [3.05, 3.63) is 35.4 Å². The molecule has 0 unspecified atom stereocenters. The van der Waals surface area contributed by atoms with Gasteiger partial charge < -0.3 is 29.9 Å². The molecule has 0 aromatic heterocycles. The first-order valence-electron chi connectivity index (χ1n) is 10.4. The number of rotatable bonds is 3. The van der Waals surface area contributed by atoms with E-state index in [-0.39, 0.29) is 36.3 Å². The normalized spacial score (nSPS) is 15.3. The predicted molar refractivity (Wildman–Crippen MR) is 113 cm³/mol. The number of carboxylic acid groups (broad SMARTS) is 2. The van der Waals surface area contributed by atoms with Crippen molar-refractivity contribution in [1.82, 2.24) is 0 Å². The van der Waals surface area contributed by atoms with E-state index >= 15 is 0 Å². The van der Waals surface area contributed by atoms with Gasteiger partial charge in [-0.25, -0.2) is 9.59 Å². The number of carbonyl (C=O) groups is 4. The maximum absolute atomic E-state index is 11.2. The van der Waals surface area contributed by atoms with Gasteiger partial charge in [0.25, 0.3) is 0 Å². The van der Waals surface area contributed by atoms with E-state index in [1.165, 1.54) is 24.3 Å². The van der Waals surface area contributed by atoms with E-state index in [0.29, 0.717) is 38.9 Å². The molecular weight excluding hydrogens is 424 g/mol. The summed E-state index contributed by atoms with van der Waals surface area (Å²) in [6.45, 7) is 0.803. The van der Waals surface area contributed by atoms with Crippen molar-refractivity contribution in [3.8, 4) is 0 Å². The number of carboxylic acids is 2. The van der Waals surface area contributed by atoms with E-state index in [1.807, 2.05) is 0 Å². The summed E-state index contributed by atoms with van der Waals surface area (Å²) in [5, 5.41) is 32.2. The quantitative estimate of drug-likeness (QED) is 0.495.